The summed E-state index contributed by atoms with van der Waals surface area (Å²) in [6, 6.07) is 9.32. The number of nitrogens with one attached hydrogen (secondary N) is 2. The minimum atomic E-state index is 0.351. The van der Waals surface area contributed by atoms with Crippen LogP contribution in [0.15, 0.2) is 47.6 Å². The second-order valence-corrected chi connectivity index (χ2v) is 7.90. The third-order valence-electron chi connectivity index (χ3n) is 3.99. The van der Waals surface area contributed by atoms with Crippen molar-refractivity contribution in [3.63, 3.8) is 0 Å². The lowest BCUT2D eigenvalue weighted by Gasteiger charge is -2.23. The van der Waals surface area contributed by atoms with Crippen LogP contribution in [0.5, 0.6) is 0 Å². The summed E-state index contributed by atoms with van der Waals surface area (Å²) in [7, 11) is 0. The van der Waals surface area contributed by atoms with Crippen LogP contribution in [0.3, 0.4) is 0 Å². The van der Waals surface area contributed by atoms with Crippen molar-refractivity contribution < 1.29 is 0 Å². The highest BCUT2D eigenvalue weighted by atomic mass is 14.9. The Morgan fingerprint density at radius 2 is 1.12 bits per heavy atom. The fourth-order valence-electron chi connectivity index (χ4n) is 2.60. The average molecular weight is 329 g/mol. The Kier molecular flexibility index (Phi) is 8.10. The summed E-state index contributed by atoms with van der Waals surface area (Å²) in [5.41, 5.74) is 5.02. The number of anilines is 2. The smallest absolute Gasteiger partial charge is 0.0469 e. The van der Waals surface area contributed by atoms with Gasteiger partial charge in [-0.3, -0.25) is 0 Å². The molecule has 0 saturated heterocycles. The molecule has 0 radical (unpaired) electrons. The number of hydrogen-bond donors (Lipinski definition) is 2. The molecule has 1 aromatic rings. The Morgan fingerprint density at radius 3 is 1.42 bits per heavy atom. The molecule has 2 heteroatoms. The minimum absolute atomic E-state index is 0.351. The van der Waals surface area contributed by atoms with Crippen molar-refractivity contribution in [1.29, 1.82) is 0 Å². The molecule has 0 saturated carbocycles. The van der Waals surface area contributed by atoms with Gasteiger partial charge in [-0.1, -0.05) is 57.1 Å². The van der Waals surface area contributed by atoms with E-state index in [0.717, 1.165) is 11.4 Å². The molecule has 0 fully saturated rings. The molecule has 0 spiro atoms. The molecule has 2 unspecified atom stereocenters. The van der Waals surface area contributed by atoms with E-state index in [1.165, 1.54) is 11.1 Å². The lowest BCUT2D eigenvalue weighted by molar-refractivity contribution is 0.596. The van der Waals surface area contributed by atoms with Gasteiger partial charge in [-0.25, -0.2) is 0 Å². The lowest BCUT2D eigenvalue weighted by Crippen LogP contribution is -2.25. The second kappa shape index (κ2) is 9.56. The molecule has 2 nitrogen and oxygen atoms in total. The molecule has 0 bridgehead atoms. The van der Waals surface area contributed by atoms with E-state index in [9.17, 15) is 0 Å². The highest BCUT2D eigenvalue weighted by molar-refractivity contribution is 5.58. The molecule has 0 heterocycles. The van der Waals surface area contributed by atoms with Gasteiger partial charge in [0.05, 0.1) is 0 Å². The summed E-state index contributed by atoms with van der Waals surface area (Å²) in [4.78, 5) is 0. The normalized spacial score (nSPS) is 13.4. The summed E-state index contributed by atoms with van der Waals surface area (Å²) < 4.78 is 0. The molecule has 24 heavy (non-hydrogen) atoms. The maximum absolute atomic E-state index is 3.66. The van der Waals surface area contributed by atoms with Gasteiger partial charge in [0.25, 0.3) is 0 Å². The number of benzene rings is 1. The van der Waals surface area contributed by atoms with Crippen LogP contribution in [-0.2, 0) is 0 Å². The zero-order valence-electron chi connectivity index (χ0n) is 16.8. The van der Waals surface area contributed by atoms with Gasteiger partial charge in [0.2, 0.25) is 0 Å². The highest BCUT2D eigenvalue weighted by Gasteiger charge is 2.12. The van der Waals surface area contributed by atoms with Gasteiger partial charge >= 0.3 is 0 Å². The van der Waals surface area contributed by atoms with Crippen LogP contribution < -0.4 is 10.6 Å². The summed E-state index contributed by atoms with van der Waals surface area (Å²) in [6.07, 6.45) is 4.62. The fourth-order valence-corrected chi connectivity index (χ4v) is 2.60. The average Bonchev–Trinajstić information content (AvgIpc) is 2.45. The molecular formula is C22H36N2. The first kappa shape index (κ1) is 20.3. The molecule has 0 aliphatic heterocycles. The Bertz CT molecular complexity index is 512. The SMILES string of the molecule is CC(C)=CC(Nc1cccc(NC(C=C(C)C)C(C)C)c1)C(C)C. The molecule has 134 valence electrons. The Hall–Kier alpha value is -1.70. The zero-order valence-corrected chi connectivity index (χ0v) is 16.8. The summed E-state index contributed by atoms with van der Waals surface area (Å²) in [5, 5.41) is 7.32. The summed E-state index contributed by atoms with van der Waals surface area (Å²) in [6.45, 7) is 17.6. The summed E-state index contributed by atoms with van der Waals surface area (Å²) in [5.74, 6) is 1.09. The third kappa shape index (κ3) is 7.25. The summed E-state index contributed by atoms with van der Waals surface area (Å²) >= 11 is 0. The van der Waals surface area contributed by atoms with E-state index in [1.54, 1.807) is 0 Å². The van der Waals surface area contributed by atoms with Crippen molar-refractivity contribution in [2.24, 2.45) is 11.8 Å². The van der Waals surface area contributed by atoms with Crippen LogP contribution in [0.4, 0.5) is 11.4 Å². The van der Waals surface area contributed by atoms with Crippen LogP contribution in [-0.4, -0.2) is 12.1 Å². The number of rotatable bonds is 8. The molecule has 2 N–H and O–H groups in total. The Balaban J connectivity index is 2.93. The van der Waals surface area contributed by atoms with Crippen LogP contribution in [0.2, 0.25) is 0 Å². The van der Waals surface area contributed by atoms with E-state index >= 15 is 0 Å². The van der Waals surface area contributed by atoms with Crippen LogP contribution in [0, 0.1) is 11.8 Å². The van der Waals surface area contributed by atoms with Crippen molar-refractivity contribution in [1.82, 2.24) is 0 Å². The molecule has 0 aromatic heterocycles. The molecule has 0 aliphatic carbocycles. The number of allylic oxidation sites excluding steroid dienone is 2. The maximum atomic E-state index is 3.66. The highest BCUT2D eigenvalue weighted by Crippen LogP contribution is 2.21. The van der Waals surface area contributed by atoms with E-state index < -0.39 is 0 Å². The number of hydrogen-bond acceptors (Lipinski definition) is 2. The lowest BCUT2D eigenvalue weighted by atomic mass is 10.0. The second-order valence-electron chi connectivity index (χ2n) is 7.90. The molecule has 0 aliphatic rings. The predicted octanol–water partition coefficient (Wildman–Crippen LogP) is 6.49. The molecular weight excluding hydrogens is 292 g/mol. The van der Waals surface area contributed by atoms with E-state index in [4.69, 9.17) is 0 Å². The maximum Gasteiger partial charge on any atom is 0.0469 e. The van der Waals surface area contributed by atoms with Gasteiger partial charge in [0.15, 0.2) is 0 Å². The van der Waals surface area contributed by atoms with Crippen LogP contribution in [0.1, 0.15) is 55.4 Å². The molecule has 0 amide bonds. The molecule has 2 atom stereocenters. The first-order valence-corrected chi connectivity index (χ1v) is 9.12. The van der Waals surface area contributed by atoms with Gasteiger partial charge in [-0.05, 0) is 57.7 Å². The van der Waals surface area contributed by atoms with Gasteiger partial charge in [0.1, 0.15) is 0 Å². The fraction of sp³-hybridized carbons (Fsp3) is 0.545. The monoisotopic (exact) mass is 328 g/mol. The quantitative estimate of drug-likeness (QED) is 0.533. The first-order valence-electron chi connectivity index (χ1n) is 9.12. The van der Waals surface area contributed by atoms with E-state index in [-0.39, 0.29) is 0 Å². The van der Waals surface area contributed by atoms with Crippen molar-refractivity contribution in [3.8, 4) is 0 Å². The van der Waals surface area contributed by atoms with E-state index in [2.05, 4.69) is 102 Å². The largest absolute Gasteiger partial charge is 0.379 e. The van der Waals surface area contributed by atoms with Crippen molar-refractivity contribution in [3.05, 3.63) is 47.6 Å². The first-order chi connectivity index (χ1) is 11.2. The van der Waals surface area contributed by atoms with Crippen LogP contribution >= 0.6 is 0 Å². The van der Waals surface area contributed by atoms with E-state index in [0.29, 0.717) is 23.9 Å². The topological polar surface area (TPSA) is 24.1 Å². The molecule has 1 aromatic carbocycles. The van der Waals surface area contributed by atoms with Crippen molar-refractivity contribution in [2.45, 2.75) is 67.5 Å². The van der Waals surface area contributed by atoms with Crippen LogP contribution in [0.25, 0.3) is 0 Å². The van der Waals surface area contributed by atoms with E-state index in [1.807, 2.05) is 0 Å². The van der Waals surface area contributed by atoms with Gasteiger partial charge in [-0.2, -0.15) is 0 Å². The Labute approximate surface area is 149 Å². The Morgan fingerprint density at radius 1 is 0.750 bits per heavy atom. The standard InChI is InChI=1S/C22H36N2/c1-15(2)12-21(17(5)6)23-19-10-9-11-20(14-19)24-22(18(7)8)13-16(3)4/h9-14,17-18,21-24H,1-8H3. The van der Waals surface area contributed by atoms with Gasteiger partial charge < -0.3 is 10.6 Å². The third-order valence-corrected chi connectivity index (χ3v) is 3.99. The van der Waals surface area contributed by atoms with Crippen molar-refractivity contribution in [2.75, 3.05) is 10.6 Å². The minimum Gasteiger partial charge on any atom is -0.379 e. The van der Waals surface area contributed by atoms with Crippen molar-refractivity contribution >= 4 is 11.4 Å². The zero-order chi connectivity index (χ0) is 18.3. The predicted molar refractivity (Wildman–Crippen MR) is 110 cm³/mol. The van der Waals surface area contributed by atoms with Gasteiger partial charge in [0, 0.05) is 23.5 Å². The molecule has 1 rings (SSSR count). The van der Waals surface area contributed by atoms with Gasteiger partial charge in [-0.15, -0.1) is 0 Å².